The molecule has 0 bridgehead atoms. The molecule has 0 radical (unpaired) electrons. The van der Waals surface area contributed by atoms with Crippen LogP contribution in [0.4, 0.5) is 0 Å². The van der Waals surface area contributed by atoms with Crippen LogP contribution in [0.5, 0.6) is 5.75 Å². The summed E-state index contributed by atoms with van der Waals surface area (Å²) < 4.78 is 10.3. The number of hydrogen-bond acceptors (Lipinski definition) is 6. The van der Waals surface area contributed by atoms with Crippen molar-refractivity contribution in [2.45, 2.75) is 6.04 Å². The van der Waals surface area contributed by atoms with Gasteiger partial charge in [-0.2, -0.15) is 0 Å². The van der Waals surface area contributed by atoms with Crippen LogP contribution in [-0.4, -0.2) is 49.1 Å². The third-order valence-electron chi connectivity index (χ3n) is 4.36. The summed E-state index contributed by atoms with van der Waals surface area (Å²) in [6.07, 6.45) is 0. The Morgan fingerprint density at radius 1 is 1.29 bits per heavy atom. The van der Waals surface area contributed by atoms with E-state index in [-0.39, 0.29) is 40.1 Å². The molecule has 1 aromatic heterocycles. The predicted octanol–water partition coefficient (Wildman–Crippen LogP) is 4.13. The van der Waals surface area contributed by atoms with E-state index >= 15 is 0 Å². The average molecular weight is 442 g/mol. The number of benzene rings is 1. The van der Waals surface area contributed by atoms with Gasteiger partial charge in [0, 0.05) is 23.6 Å². The van der Waals surface area contributed by atoms with E-state index in [0.717, 1.165) is 4.88 Å². The fourth-order valence-electron chi connectivity index (χ4n) is 3.13. The third kappa shape index (κ3) is 3.63. The molecule has 1 aliphatic rings. The summed E-state index contributed by atoms with van der Waals surface area (Å²) in [5.74, 6) is -1.72. The van der Waals surface area contributed by atoms with Gasteiger partial charge in [0.25, 0.3) is 11.7 Å². The van der Waals surface area contributed by atoms with E-state index < -0.39 is 23.5 Å². The molecule has 9 heteroatoms. The summed E-state index contributed by atoms with van der Waals surface area (Å²) in [4.78, 5) is 27.6. The molecule has 1 aromatic carbocycles. The number of ketones is 1. The highest BCUT2D eigenvalue weighted by Crippen LogP contribution is 2.44. The van der Waals surface area contributed by atoms with Gasteiger partial charge < -0.3 is 19.5 Å². The van der Waals surface area contributed by atoms with Crippen molar-refractivity contribution >= 4 is 52.0 Å². The van der Waals surface area contributed by atoms with Crippen LogP contribution in [0.1, 0.15) is 16.5 Å². The lowest BCUT2D eigenvalue weighted by Gasteiger charge is -2.23. The van der Waals surface area contributed by atoms with Crippen LogP contribution < -0.4 is 4.74 Å². The number of ether oxygens (including phenoxy) is 2. The lowest BCUT2D eigenvalue weighted by molar-refractivity contribution is -0.140. The van der Waals surface area contributed by atoms with Gasteiger partial charge in [0.2, 0.25) is 0 Å². The van der Waals surface area contributed by atoms with Crippen molar-refractivity contribution in [1.29, 1.82) is 0 Å². The smallest absolute Gasteiger partial charge is 0.295 e. The number of carbonyl (C=O) groups is 2. The minimum atomic E-state index is -0.787. The molecule has 2 aromatic rings. The van der Waals surface area contributed by atoms with E-state index in [1.165, 1.54) is 42.6 Å². The number of amides is 1. The molecule has 1 saturated heterocycles. The molecule has 1 atom stereocenters. The summed E-state index contributed by atoms with van der Waals surface area (Å²) in [6, 6.07) is 5.78. The molecule has 1 unspecified atom stereocenters. The Morgan fingerprint density at radius 2 is 2.04 bits per heavy atom. The van der Waals surface area contributed by atoms with Crippen molar-refractivity contribution in [2.75, 3.05) is 27.4 Å². The molecule has 0 saturated carbocycles. The monoisotopic (exact) mass is 441 g/mol. The summed E-state index contributed by atoms with van der Waals surface area (Å²) in [7, 11) is 2.90. The third-order valence-corrected chi connectivity index (χ3v) is 5.78. The van der Waals surface area contributed by atoms with Crippen molar-refractivity contribution < 1.29 is 24.2 Å². The molecule has 2 heterocycles. The number of rotatable bonds is 6. The van der Waals surface area contributed by atoms with Crippen LogP contribution in [0.2, 0.25) is 10.0 Å². The number of likely N-dealkylation sites (tertiary alicyclic amines) is 1. The molecule has 3 rings (SSSR count). The van der Waals surface area contributed by atoms with Crippen LogP contribution in [0, 0.1) is 0 Å². The van der Waals surface area contributed by atoms with Crippen LogP contribution in [0.3, 0.4) is 0 Å². The lowest BCUT2D eigenvalue weighted by Crippen LogP contribution is -2.32. The Bertz CT molecular complexity index is 942. The fourth-order valence-corrected chi connectivity index (χ4v) is 4.55. The maximum atomic E-state index is 12.8. The zero-order chi connectivity index (χ0) is 20.4. The molecule has 0 spiro atoms. The Balaban J connectivity index is 2.22. The Morgan fingerprint density at radius 3 is 2.64 bits per heavy atom. The number of aliphatic hydroxyl groups excluding tert-OH is 1. The molecule has 1 N–H and O–H groups in total. The van der Waals surface area contributed by atoms with E-state index in [1.54, 1.807) is 6.07 Å². The molecule has 148 valence electrons. The number of hydrogen-bond donors (Lipinski definition) is 1. The molecule has 6 nitrogen and oxygen atoms in total. The van der Waals surface area contributed by atoms with Crippen LogP contribution >= 0.6 is 34.5 Å². The highest BCUT2D eigenvalue weighted by Gasteiger charge is 2.46. The van der Waals surface area contributed by atoms with Crippen molar-refractivity contribution in [3.05, 3.63) is 55.7 Å². The van der Waals surface area contributed by atoms with E-state index in [1.807, 2.05) is 11.4 Å². The number of Topliss-reactive ketones (excluding diaryl/α,β-unsaturated/α-hetero) is 1. The summed E-state index contributed by atoms with van der Waals surface area (Å²) in [5, 5.41) is 13.3. The van der Waals surface area contributed by atoms with Gasteiger partial charge in [-0.05, 0) is 23.6 Å². The molecule has 28 heavy (non-hydrogen) atoms. The number of methoxy groups -OCH3 is 2. The lowest BCUT2D eigenvalue weighted by atomic mass is 9.99. The van der Waals surface area contributed by atoms with Gasteiger partial charge in [-0.25, -0.2) is 0 Å². The average Bonchev–Trinajstić information content (AvgIpc) is 3.27. The van der Waals surface area contributed by atoms with Gasteiger partial charge in [0.1, 0.15) is 11.5 Å². The standard InChI is InChI=1S/C19H17Cl2NO5S/c1-26-6-5-22-15(13-4-3-7-28-13)14(17(24)19(22)25)16(23)11-8-10(20)9-12(21)18(11)27-2/h3-4,7-9,15,23H,5-6H2,1-2H3/b16-14-. The summed E-state index contributed by atoms with van der Waals surface area (Å²) in [5.41, 5.74) is 0.103. The predicted molar refractivity (Wildman–Crippen MR) is 108 cm³/mol. The van der Waals surface area contributed by atoms with E-state index in [4.69, 9.17) is 32.7 Å². The largest absolute Gasteiger partial charge is 0.507 e. The molecule has 0 aliphatic carbocycles. The first kappa shape index (κ1) is 20.7. The summed E-state index contributed by atoms with van der Waals surface area (Å²) in [6.45, 7) is 0.453. The van der Waals surface area contributed by atoms with Crippen LogP contribution in [0.15, 0.2) is 35.2 Å². The van der Waals surface area contributed by atoms with E-state index in [9.17, 15) is 14.7 Å². The topological polar surface area (TPSA) is 76.1 Å². The SMILES string of the molecule is COCCN1C(=O)C(=O)/C(=C(\O)c2cc(Cl)cc(Cl)c2OC)C1c1cccs1. The highest BCUT2D eigenvalue weighted by atomic mass is 35.5. The van der Waals surface area contributed by atoms with Gasteiger partial charge in [-0.3, -0.25) is 9.59 Å². The molecular weight excluding hydrogens is 425 g/mol. The van der Waals surface area contributed by atoms with Gasteiger partial charge in [-0.1, -0.05) is 29.3 Å². The van der Waals surface area contributed by atoms with Crippen molar-refractivity contribution in [3.8, 4) is 5.75 Å². The van der Waals surface area contributed by atoms with Crippen LogP contribution in [-0.2, 0) is 14.3 Å². The van der Waals surface area contributed by atoms with Gasteiger partial charge >= 0.3 is 0 Å². The maximum Gasteiger partial charge on any atom is 0.295 e. The number of thiophene rings is 1. The molecule has 1 amide bonds. The summed E-state index contributed by atoms with van der Waals surface area (Å²) >= 11 is 13.6. The minimum Gasteiger partial charge on any atom is -0.507 e. The Labute approximate surface area is 175 Å². The van der Waals surface area contributed by atoms with Crippen molar-refractivity contribution in [3.63, 3.8) is 0 Å². The highest BCUT2D eigenvalue weighted by molar-refractivity contribution is 7.10. The zero-order valence-corrected chi connectivity index (χ0v) is 17.4. The number of aliphatic hydroxyl groups is 1. The first-order chi connectivity index (χ1) is 13.4. The Hall–Kier alpha value is -2.06. The second kappa shape index (κ2) is 8.53. The van der Waals surface area contributed by atoms with Gasteiger partial charge in [0.15, 0.2) is 0 Å². The second-order valence-corrected chi connectivity index (χ2v) is 7.79. The molecule has 1 aliphatic heterocycles. The van der Waals surface area contributed by atoms with E-state index in [0.29, 0.717) is 0 Å². The first-order valence-electron chi connectivity index (χ1n) is 8.24. The minimum absolute atomic E-state index is 0.0415. The van der Waals surface area contributed by atoms with Crippen molar-refractivity contribution in [1.82, 2.24) is 4.90 Å². The normalized spacial score (nSPS) is 18.7. The number of halogens is 2. The number of carbonyl (C=O) groups excluding carboxylic acids is 2. The second-order valence-electron chi connectivity index (χ2n) is 5.97. The van der Waals surface area contributed by atoms with Gasteiger partial charge in [0.05, 0.1) is 35.9 Å². The molecule has 1 fully saturated rings. The maximum absolute atomic E-state index is 12.8. The van der Waals surface area contributed by atoms with E-state index in [2.05, 4.69) is 0 Å². The quantitative estimate of drug-likeness (QED) is 0.414. The van der Waals surface area contributed by atoms with Gasteiger partial charge in [-0.15, -0.1) is 11.3 Å². The van der Waals surface area contributed by atoms with Crippen molar-refractivity contribution in [2.24, 2.45) is 0 Å². The number of nitrogens with zero attached hydrogens (tertiary/aromatic N) is 1. The first-order valence-corrected chi connectivity index (χ1v) is 9.88. The Kier molecular flexibility index (Phi) is 6.30. The fraction of sp³-hybridized carbons (Fsp3) is 0.263. The van der Waals surface area contributed by atoms with Crippen LogP contribution in [0.25, 0.3) is 5.76 Å². The molecular formula is C19H17Cl2NO5S. The zero-order valence-electron chi connectivity index (χ0n) is 15.1.